The molecular formula is C19H20ClNO3S. The number of nitrogens with zero attached hydrogens (tertiary/aromatic N) is 1. The van der Waals surface area contributed by atoms with Crippen LogP contribution in [-0.2, 0) is 9.84 Å². The maximum Gasteiger partial charge on any atom is 0.254 e. The summed E-state index contributed by atoms with van der Waals surface area (Å²) >= 11 is 5.95. The Labute approximate surface area is 153 Å². The Bertz CT molecular complexity index is 872. The fourth-order valence-electron chi connectivity index (χ4n) is 2.91. The number of sulfone groups is 1. The molecule has 3 rings (SSSR count). The summed E-state index contributed by atoms with van der Waals surface area (Å²) in [6.07, 6.45) is 3.14. The molecule has 1 saturated carbocycles. The molecule has 0 bridgehead atoms. The van der Waals surface area contributed by atoms with E-state index in [-0.39, 0.29) is 22.9 Å². The van der Waals surface area contributed by atoms with Gasteiger partial charge in [-0.05, 0) is 61.7 Å². The Morgan fingerprint density at radius 2 is 1.64 bits per heavy atom. The van der Waals surface area contributed by atoms with Crippen molar-refractivity contribution in [2.24, 2.45) is 0 Å². The molecule has 0 aromatic heterocycles. The second kappa shape index (κ2) is 6.81. The molecule has 4 nitrogen and oxygen atoms in total. The van der Waals surface area contributed by atoms with E-state index in [4.69, 9.17) is 11.6 Å². The lowest BCUT2D eigenvalue weighted by molar-refractivity contribution is 0.0674. The Morgan fingerprint density at radius 1 is 1.08 bits per heavy atom. The molecule has 1 atom stereocenters. The average molecular weight is 378 g/mol. The minimum absolute atomic E-state index is 0.0770. The normalized spacial score (nSPS) is 15.6. The van der Waals surface area contributed by atoms with E-state index in [0.29, 0.717) is 10.6 Å². The van der Waals surface area contributed by atoms with Crippen LogP contribution in [0.5, 0.6) is 0 Å². The zero-order chi connectivity index (χ0) is 18.2. The summed E-state index contributed by atoms with van der Waals surface area (Å²) in [5, 5.41) is 0.664. The quantitative estimate of drug-likeness (QED) is 0.787. The number of rotatable bonds is 5. The summed E-state index contributed by atoms with van der Waals surface area (Å²) in [6, 6.07) is 13.8. The molecule has 1 unspecified atom stereocenters. The highest BCUT2D eigenvalue weighted by atomic mass is 35.5. The molecule has 1 aliphatic rings. The minimum atomic E-state index is -3.27. The Morgan fingerprint density at radius 3 is 2.12 bits per heavy atom. The summed E-state index contributed by atoms with van der Waals surface area (Å²) in [6.45, 7) is 2.00. The van der Waals surface area contributed by atoms with Crippen LogP contribution in [0.3, 0.4) is 0 Å². The summed E-state index contributed by atoms with van der Waals surface area (Å²) in [4.78, 5) is 15.1. The SMILES string of the molecule is CC(c1ccc(Cl)cc1)N(C(=O)c1ccc(S(C)(=O)=O)cc1)C1CC1. The van der Waals surface area contributed by atoms with Crippen LogP contribution < -0.4 is 0 Å². The van der Waals surface area contributed by atoms with Crippen molar-refractivity contribution in [1.29, 1.82) is 0 Å². The summed E-state index contributed by atoms with van der Waals surface area (Å²) in [5.41, 5.74) is 1.53. The molecule has 0 N–H and O–H groups in total. The topological polar surface area (TPSA) is 54.5 Å². The van der Waals surface area contributed by atoms with E-state index in [0.717, 1.165) is 24.7 Å². The third-order valence-electron chi connectivity index (χ3n) is 4.47. The predicted molar refractivity (Wildman–Crippen MR) is 98.6 cm³/mol. The molecule has 2 aromatic rings. The lowest BCUT2D eigenvalue weighted by Gasteiger charge is -2.30. The third-order valence-corrected chi connectivity index (χ3v) is 5.85. The van der Waals surface area contributed by atoms with E-state index >= 15 is 0 Å². The zero-order valence-corrected chi connectivity index (χ0v) is 15.7. The van der Waals surface area contributed by atoms with Crippen molar-refractivity contribution < 1.29 is 13.2 Å². The maximum absolute atomic E-state index is 13.0. The molecule has 1 amide bonds. The number of carbonyl (C=O) groups is 1. The van der Waals surface area contributed by atoms with Gasteiger partial charge in [-0.2, -0.15) is 0 Å². The summed E-state index contributed by atoms with van der Waals surface area (Å²) in [7, 11) is -3.27. The first kappa shape index (κ1) is 18.0. The van der Waals surface area contributed by atoms with Crippen LogP contribution in [0.25, 0.3) is 0 Å². The van der Waals surface area contributed by atoms with Crippen LogP contribution in [0.15, 0.2) is 53.4 Å². The van der Waals surface area contributed by atoms with Crippen LogP contribution >= 0.6 is 11.6 Å². The second-order valence-electron chi connectivity index (χ2n) is 6.47. The molecule has 0 heterocycles. The first-order valence-corrected chi connectivity index (χ1v) is 10.4. The van der Waals surface area contributed by atoms with Gasteiger partial charge in [0.15, 0.2) is 9.84 Å². The molecule has 0 spiro atoms. The van der Waals surface area contributed by atoms with Gasteiger partial charge in [0, 0.05) is 22.9 Å². The molecule has 0 radical (unpaired) electrons. The lowest BCUT2D eigenvalue weighted by Crippen LogP contribution is -2.35. The number of hydrogen-bond donors (Lipinski definition) is 0. The van der Waals surface area contributed by atoms with E-state index in [1.165, 1.54) is 12.1 Å². The Kier molecular flexibility index (Phi) is 4.89. The van der Waals surface area contributed by atoms with E-state index < -0.39 is 9.84 Å². The van der Waals surface area contributed by atoms with Gasteiger partial charge in [0.05, 0.1) is 10.9 Å². The Hall–Kier alpha value is -1.85. The maximum atomic E-state index is 13.0. The van der Waals surface area contributed by atoms with Crippen LogP contribution in [0, 0.1) is 0 Å². The largest absolute Gasteiger partial charge is 0.329 e. The van der Waals surface area contributed by atoms with Crippen molar-refractivity contribution in [3.8, 4) is 0 Å². The fraction of sp³-hybridized carbons (Fsp3) is 0.316. The number of carbonyl (C=O) groups excluding carboxylic acids is 1. The molecule has 0 aliphatic heterocycles. The standard InChI is InChI=1S/C19H20ClNO3S/c1-13(14-3-7-16(20)8-4-14)21(17-9-10-17)19(22)15-5-11-18(12-6-15)25(2,23)24/h3-8,11-13,17H,9-10H2,1-2H3. The van der Waals surface area contributed by atoms with Crippen molar-refractivity contribution in [3.63, 3.8) is 0 Å². The first-order valence-electron chi connectivity index (χ1n) is 8.15. The van der Waals surface area contributed by atoms with E-state index in [9.17, 15) is 13.2 Å². The monoisotopic (exact) mass is 377 g/mol. The number of hydrogen-bond acceptors (Lipinski definition) is 3. The highest BCUT2D eigenvalue weighted by Gasteiger charge is 2.36. The van der Waals surface area contributed by atoms with Gasteiger partial charge in [0.25, 0.3) is 5.91 Å². The molecule has 25 heavy (non-hydrogen) atoms. The van der Waals surface area contributed by atoms with E-state index in [1.807, 2.05) is 36.1 Å². The van der Waals surface area contributed by atoms with Crippen molar-refractivity contribution in [2.45, 2.75) is 36.7 Å². The first-order chi connectivity index (χ1) is 11.8. The highest BCUT2D eigenvalue weighted by Crippen LogP contribution is 2.36. The molecule has 1 fully saturated rings. The Balaban J connectivity index is 1.87. The second-order valence-corrected chi connectivity index (χ2v) is 8.92. The van der Waals surface area contributed by atoms with Crippen LogP contribution in [0.1, 0.15) is 41.7 Å². The molecule has 1 aliphatic carbocycles. The number of benzene rings is 2. The van der Waals surface area contributed by atoms with Crippen LogP contribution in [-0.4, -0.2) is 31.5 Å². The molecule has 0 saturated heterocycles. The predicted octanol–water partition coefficient (Wildman–Crippen LogP) is 4.11. The van der Waals surface area contributed by atoms with Gasteiger partial charge in [0.2, 0.25) is 0 Å². The van der Waals surface area contributed by atoms with E-state index in [2.05, 4.69) is 0 Å². The van der Waals surface area contributed by atoms with Gasteiger partial charge in [-0.25, -0.2) is 8.42 Å². The summed E-state index contributed by atoms with van der Waals surface area (Å²) < 4.78 is 23.2. The van der Waals surface area contributed by atoms with Gasteiger partial charge >= 0.3 is 0 Å². The van der Waals surface area contributed by atoms with Crippen molar-refractivity contribution in [3.05, 3.63) is 64.7 Å². The molecular weight excluding hydrogens is 358 g/mol. The summed E-state index contributed by atoms with van der Waals surface area (Å²) in [5.74, 6) is -0.0787. The number of halogens is 1. The van der Waals surface area contributed by atoms with Gasteiger partial charge < -0.3 is 4.90 Å². The highest BCUT2D eigenvalue weighted by molar-refractivity contribution is 7.90. The molecule has 132 valence electrons. The third kappa shape index (κ3) is 4.05. The van der Waals surface area contributed by atoms with Gasteiger partial charge in [-0.1, -0.05) is 23.7 Å². The van der Waals surface area contributed by atoms with Crippen LogP contribution in [0.2, 0.25) is 5.02 Å². The van der Waals surface area contributed by atoms with Gasteiger partial charge in [-0.3, -0.25) is 4.79 Å². The molecule has 6 heteroatoms. The van der Waals surface area contributed by atoms with Crippen molar-refractivity contribution >= 4 is 27.3 Å². The van der Waals surface area contributed by atoms with Crippen molar-refractivity contribution in [2.75, 3.05) is 6.26 Å². The van der Waals surface area contributed by atoms with Crippen LogP contribution in [0.4, 0.5) is 0 Å². The zero-order valence-electron chi connectivity index (χ0n) is 14.1. The fourth-order valence-corrected chi connectivity index (χ4v) is 3.66. The van der Waals surface area contributed by atoms with Gasteiger partial charge in [0.1, 0.15) is 0 Å². The number of amides is 1. The molecule has 2 aromatic carbocycles. The van der Waals surface area contributed by atoms with E-state index in [1.54, 1.807) is 12.1 Å². The van der Waals surface area contributed by atoms with Crippen molar-refractivity contribution in [1.82, 2.24) is 4.90 Å². The average Bonchev–Trinajstić information content (AvgIpc) is 3.39. The smallest absolute Gasteiger partial charge is 0.254 e. The lowest BCUT2D eigenvalue weighted by atomic mass is 10.1. The van der Waals surface area contributed by atoms with Gasteiger partial charge in [-0.15, -0.1) is 0 Å². The minimum Gasteiger partial charge on any atom is -0.329 e.